The second-order valence-electron chi connectivity index (χ2n) is 5.30. The Labute approximate surface area is 101 Å². The molecule has 2 aliphatic rings. The third-order valence-electron chi connectivity index (χ3n) is 3.92. The minimum absolute atomic E-state index is 0.0219. The van der Waals surface area contributed by atoms with Crippen LogP contribution in [0.15, 0.2) is 30.3 Å². The van der Waals surface area contributed by atoms with Crippen molar-refractivity contribution in [1.82, 2.24) is 5.32 Å². The molecule has 1 N–H and O–H groups in total. The molecule has 17 heavy (non-hydrogen) atoms. The normalized spacial score (nSPS) is 21.6. The van der Waals surface area contributed by atoms with E-state index in [4.69, 9.17) is 4.74 Å². The number of hydrogen-bond acceptors (Lipinski definition) is 3. The molecule has 1 saturated heterocycles. The Bertz CT molecular complexity index is 403. The van der Waals surface area contributed by atoms with E-state index < -0.39 is 0 Å². The highest BCUT2D eigenvalue weighted by atomic mass is 16.5. The lowest BCUT2D eigenvalue weighted by atomic mass is 9.58. The van der Waals surface area contributed by atoms with Crippen molar-refractivity contribution in [2.75, 3.05) is 13.1 Å². The summed E-state index contributed by atoms with van der Waals surface area (Å²) in [4.78, 5) is 11.8. The van der Waals surface area contributed by atoms with Gasteiger partial charge in [-0.2, -0.15) is 0 Å². The molecule has 3 rings (SSSR count). The van der Waals surface area contributed by atoms with E-state index in [9.17, 15) is 4.79 Å². The van der Waals surface area contributed by atoms with Gasteiger partial charge in [-0.3, -0.25) is 4.79 Å². The number of rotatable bonds is 3. The summed E-state index contributed by atoms with van der Waals surface area (Å²) in [5.74, 6) is 0.118. The topological polar surface area (TPSA) is 38.3 Å². The van der Waals surface area contributed by atoms with E-state index in [1.807, 2.05) is 30.3 Å². The lowest BCUT2D eigenvalue weighted by molar-refractivity contribution is -0.160. The van der Waals surface area contributed by atoms with Gasteiger partial charge in [0, 0.05) is 13.1 Å². The first-order chi connectivity index (χ1) is 8.27. The van der Waals surface area contributed by atoms with E-state index in [-0.39, 0.29) is 11.9 Å². The van der Waals surface area contributed by atoms with E-state index in [2.05, 4.69) is 5.32 Å². The number of benzene rings is 1. The average Bonchev–Trinajstić information content (AvgIpc) is 2.24. The van der Waals surface area contributed by atoms with Crippen LogP contribution >= 0.6 is 0 Å². The van der Waals surface area contributed by atoms with Gasteiger partial charge in [0.2, 0.25) is 0 Å². The molecule has 90 valence electrons. The van der Waals surface area contributed by atoms with Crippen molar-refractivity contribution in [2.24, 2.45) is 11.3 Å². The van der Waals surface area contributed by atoms with E-state index in [1.165, 1.54) is 0 Å². The molecule has 0 atom stereocenters. The summed E-state index contributed by atoms with van der Waals surface area (Å²) in [5.41, 5.74) is 1.50. The molecule has 1 saturated carbocycles. The van der Waals surface area contributed by atoms with Crippen LogP contribution in [0.25, 0.3) is 0 Å². The van der Waals surface area contributed by atoms with Crippen LogP contribution in [0.1, 0.15) is 18.4 Å². The van der Waals surface area contributed by atoms with Gasteiger partial charge in [-0.1, -0.05) is 30.3 Å². The Morgan fingerprint density at radius 3 is 2.59 bits per heavy atom. The smallest absolute Gasteiger partial charge is 0.309 e. The van der Waals surface area contributed by atoms with Gasteiger partial charge >= 0.3 is 5.97 Å². The Morgan fingerprint density at radius 2 is 2.00 bits per heavy atom. The number of carbonyl (C=O) groups excluding carboxylic acids is 1. The van der Waals surface area contributed by atoms with Crippen LogP contribution in [0.5, 0.6) is 0 Å². The number of esters is 1. The zero-order valence-corrected chi connectivity index (χ0v) is 9.82. The van der Waals surface area contributed by atoms with Crippen LogP contribution in [0, 0.1) is 11.3 Å². The zero-order chi connectivity index (χ0) is 11.7. The Hall–Kier alpha value is -1.35. The molecule has 0 aromatic heterocycles. The van der Waals surface area contributed by atoms with Gasteiger partial charge in [-0.05, 0) is 23.8 Å². The van der Waals surface area contributed by atoms with Crippen molar-refractivity contribution in [1.29, 1.82) is 0 Å². The van der Waals surface area contributed by atoms with Crippen molar-refractivity contribution in [3.05, 3.63) is 35.9 Å². The number of carbonyl (C=O) groups is 1. The van der Waals surface area contributed by atoms with Gasteiger partial charge in [0.05, 0.1) is 5.92 Å². The van der Waals surface area contributed by atoms with E-state index >= 15 is 0 Å². The molecule has 3 nitrogen and oxygen atoms in total. The maximum Gasteiger partial charge on any atom is 0.309 e. The Balaban J connectivity index is 1.45. The molecular formula is C14H17NO2. The summed E-state index contributed by atoms with van der Waals surface area (Å²) in [6, 6.07) is 9.84. The molecule has 2 fully saturated rings. The van der Waals surface area contributed by atoms with Crippen molar-refractivity contribution in [3.63, 3.8) is 0 Å². The first kappa shape index (κ1) is 10.8. The van der Waals surface area contributed by atoms with Gasteiger partial charge in [-0.25, -0.2) is 0 Å². The molecule has 1 aliphatic carbocycles. The summed E-state index contributed by atoms with van der Waals surface area (Å²) in [5, 5.41) is 3.27. The fraction of sp³-hybridized carbons (Fsp3) is 0.500. The summed E-state index contributed by atoms with van der Waals surface area (Å²) in [6.45, 7) is 2.56. The molecule has 3 heteroatoms. The summed E-state index contributed by atoms with van der Waals surface area (Å²) in [6.07, 6.45) is 2.02. The minimum atomic E-state index is -0.0219. The van der Waals surface area contributed by atoms with Crippen molar-refractivity contribution >= 4 is 5.97 Å². The van der Waals surface area contributed by atoms with Gasteiger partial charge < -0.3 is 10.1 Å². The molecule has 0 radical (unpaired) electrons. The van der Waals surface area contributed by atoms with Crippen LogP contribution in [-0.4, -0.2) is 19.1 Å². The van der Waals surface area contributed by atoms with Gasteiger partial charge in [0.25, 0.3) is 0 Å². The highest BCUT2D eigenvalue weighted by molar-refractivity contribution is 5.74. The first-order valence-electron chi connectivity index (χ1n) is 6.19. The molecule has 1 aromatic carbocycles. The maximum absolute atomic E-state index is 11.8. The first-order valence-corrected chi connectivity index (χ1v) is 6.19. The van der Waals surface area contributed by atoms with Gasteiger partial charge in [-0.15, -0.1) is 0 Å². The Morgan fingerprint density at radius 1 is 1.29 bits per heavy atom. The molecule has 1 spiro atoms. The maximum atomic E-state index is 11.8. The zero-order valence-electron chi connectivity index (χ0n) is 9.82. The monoisotopic (exact) mass is 231 g/mol. The third-order valence-corrected chi connectivity index (χ3v) is 3.92. The molecule has 1 aliphatic heterocycles. The quantitative estimate of drug-likeness (QED) is 0.805. The molecule has 0 bridgehead atoms. The lowest BCUT2D eigenvalue weighted by Gasteiger charge is -2.53. The summed E-state index contributed by atoms with van der Waals surface area (Å²) < 4.78 is 5.33. The minimum Gasteiger partial charge on any atom is -0.461 e. The van der Waals surface area contributed by atoms with Gasteiger partial charge in [0.1, 0.15) is 6.61 Å². The standard InChI is InChI=1S/C14H17NO2/c16-13(12-6-14(7-12)9-15-10-14)17-8-11-4-2-1-3-5-11/h1-5,12,15H,6-10H2. The van der Waals surface area contributed by atoms with Crippen molar-refractivity contribution < 1.29 is 9.53 Å². The highest BCUT2D eigenvalue weighted by Gasteiger charge is 2.51. The van der Waals surface area contributed by atoms with E-state index in [0.717, 1.165) is 31.5 Å². The molecule has 1 aromatic rings. The fourth-order valence-corrected chi connectivity index (χ4v) is 2.77. The van der Waals surface area contributed by atoms with Crippen LogP contribution < -0.4 is 5.32 Å². The number of hydrogen-bond donors (Lipinski definition) is 1. The fourth-order valence-electron chi connectivity index (χ4n) is 2.77. The number of ether oxygens (including phenoxy) is 1. The van der Waals surface area contributed by atoms with Crippen molar-refractivity contribution in [2.45, 2.75) is 19.4 Å². The molecule has 0 amide bonds. The Kier molecular flexibility index (Phi) is 2.63. The third kappa shape index (κ3) is 2.07. The number of nitrogens with one attached hydrogen (secondary N) is 1. The van der Waals surface area contributed by atoms with Crippen molar-refractivity contribution in [3.8, 4) is 0 Å². The van der Waals surface area contributed by atoms with Crippen LogP contribution in [0.4, 0.5) is 0 Å². The molecule has 1 heterocycles. The predicted octanol–water partition coefficient (Wildman–Crippen LogP) is 1.73. The van der Waals surface area contributed by atoms with Crippen LogP contribution in [0.3, 0.4) is 0 Å². The van der Waals surface area contributed by atoms with Gasteiger partial charge in [0.15, 0.2) is 0 Å². The second kappa shape index (κ2) is 4.15. The summed E-state index contributed by atoms with van der Waals surface area (Å²) in [7, 11) is 0. The molecular weight excluding hydrogens is 214 g/mol. The van der Waals surface area contributed by atoms with Crippen LogP contribution in [-0.2, 0) is 16.1 Å². The van der Waals surface area contributed by atoms with E-state index in [1.54, 1.807) is 0 Å². The average molecular weight is 231 g/mol. The van der Waals surface area contributed by atoms with E-state index in [0.29, 0.717) is 12.0 Å². The SMILES string of the molecule is O=C(OCc1ccccc1)C1CC2(CNC2)C1. The predicted molar refractivity (Wildman–Crippen MR) is 64.3 cm³/mol. The van der Waals surface area contributed by atoms with Crippen LogP contribution in [0.2, 0.25) is 0 Å². The summed E-state index contributed by atoms with van der Waals surface area (Å²) >= 11 is 0. The second-order valence-corrected chi connectivity index (χ2v) is 5.30. The highest BCUT2D eigenvalue weighted by Crippen LogP contribution is 2.48. The lowest BCUT2D eigenvalue weighted by Crippen LogP contribution is -2.61. The molecule has 0 unspecified atom stereocenters. The largest absolute Gasteiger partial charge is 0.461 e.